The summed E-state index contributed by atoms with van der Waals surface area (Å²) in [6, 6.07) is 18.3. The lowest BCUT2D eigenvalue weighted by Gasteiger charge is -2.31. The van der Waals surface area contributed by atoms with Gasteiger partial charge in [0.25, 0.3) is 0 Å². The molecule has 0 radical (unpaired) electrons. The quantitative estimate of drug-likeness (QED) is 0.461. The number of rotatable bonds is 7. The minimum Gasteiger partial charge on any atom is -0.441 e. The van der Waals surface area contributed by atoms with Crippen molar-refractivity contribution in [2.24, 2.45) is 0 Å². The van der Waals surface area contributed by atoms with Crippen molar-refractivity contribution in [3.8, 4) is 11.3 Å². The molecule has 0 spiro atoms. The molecule has 0 bridgehead atoms. The molecule has 156 valence electrons. The van der Waals surface area contributed by atoms with Crippen molar-refractivity contribution in [2.45, 2.75) is 51.0 Å². The van der Waals surface area contributed by atoms with E-state index in [0.29, 0.717) is 35.4 Å². The first kappa shape index (κ1) is 20.7. The van der Waals surface area contributed by atoms with Crippen molar-refractivity contribution in [3.05, 3.63) is 77.3 Å². The Hall–Kier alpha value is -2.59. The fourth-order valence-corrected chi connectivity index (χ4v) is 4.61. The molecule has 1 saturated heterocycles. The summed E-state index contributed by atoms with van der Waals surface area (Å²) in [5.74, 6) is 1.87. The topological polar surface area (TPSA) is 46.3 Å². The van der Waals surface area contributed by atoms with E-state index < -0.39 is 0 Å². The second-order valence-electron chi connectivity index (χ2n) is 7.85. The summed E-state index contributed by atoms with van der Waals surface area (Å²) in [5.41, 5.74) is 2.25. The highest BCUT2D eigenvalue weighted by Crippen LogP contribution is 2.34. The van der Waals surface area contributed by atoms with Crippen LogP contribution in [0.5, 0.6) is 0 Å². The molecule has 2 atom stereocenters. The van der Waals surface area contributed by atoms with Crippen LogP contribution in [0.15, 0.2) is 65.2 Å². The van der Waals surface area contributed by atoms with Crippen LogP contribution in [0.3, 0.4) is 0 Å². The van der Waals surface area contributed by atoms with E-state index in [1.165, 1.54) is 5.56 Å². The molecule has 0 N–H and O–H groups in total. The third-order valence-electron chi connectivity index (χ3n) is 5.99. The molecule has 3 aromatic rings. The summed E-state index contributed by atoms with van der Waals surface area (Å²) in [6.45, 7) is 3.05. The van der Waals surface area contributed by atoms with Gasteiger partial charge in [-0.15, -0.1) is 0 Å². The molecule has 0 saturated carbocycles. The standard InChI is InChI=1S/C25H27ClN2O2/c1-2-21(18-7-4-3-5-8-18)22-9-6-16-28(22)25(29)15-14-24-27-17-23(30-24)19-10-12-20(26)13-11-19/h3-5,7-8,10-13,17,21-22H,2,6,9,14-16H2,1H3/t21-,22+/m1/s1. The van der Waals surface area contributed by atoms with Gasteiger partial charge in [0.15, 0.2) is 11.7 Å². The van der Waals surface area contributed by atoms with Gasteiger partial charge in [0.1, 0.15) is 0 Å². The average Bonchev–Trinajstić information content (AvgIpc) is 3.44. The minimum atomic E-state index is 0.193. The normalized spacial score (nSPS) is 17.3. The first-order valence-electron chi connectivity index (χ1n) is 10.7. The van der Waals surface area contributed by atoms with Crippen molar-refractivity contribution >= 4 is 17.5 Å². The van der Waals surface area contributed by atoms with Gasteiger partial charge in [-0.2, -0.15) is 0 Å². The number of likely N-dealkylation sites (tertiary alicyclic amines) is 1. The van der Waals surface area contributed by atoms with Crippen LogP contribution in [0.2, 0.25) is 5.02 Å². The summed E-state index contributed by atoms with van der Waals surface area (Å²) < 4.78 is 5.86. The molecule has 1 aliphatic heterocycles. The maximum Gasteiger partial charge on any atom is 0.223 e. The first-order chi connectivity index (χ1) is 14.7. The molecule has 1 fully saturated rings. The van der Waals surface area contributed by atoms with Gasteiger partial charge >= 0.3 is 0 Å². The van der Waals surface area contributed by atoms with Gasteiger partial charge in [-0.3, -0.25) is 4.79 Å². The summed E-state index contributed by atoms with van der Waals surface area (Å²) in [5, 5.41) is 0.685. The zero-order valence-corrected chi connectivity index (χ0v) is 18.0. The zero-order chi connectivity index (χ0) is 20.9. The lowest BCUT2D eigenvalue weighted by molar-refractivity contribution is -0.132. The van der Waals surface area contributed by atoms with E-state index >= 15 is 0 Å². The van der Waals surface area contributed by atoms with Gasteiger partial charge in [0.2, 0.25) is 5.91 Å². The first-order valence-corrected chi connectivity index (χ1v) is 11.1. The van der Waals surface area contributed by atoms with Gasteiger partial charge in [0, 0.05) is 41.9 Å². The number of oxazole rings is 1. The van der Waals surface area contributed by atoms with E-state index in [2.05, 4.69) is 41.1 Å². The molecule has 0 aliphatic carbocycles. The highest BCUT2D eigenvalue weighted by Gasteiger charge is 2.34. The summed E-state index contributed by atoms with van der Waals surface area (Å²) >= 11 is 5.95. The van der Waals surface area contributed by atoms with Crippen molar-refractivity contribution in [1.29, 1.82) is 0 Å². The Morgan fingerprint density at radius 3 is 2.70 bits per heavy atom. The van der Waals surface area contributed by atoms with E-state index in [1.54, 1.807) is 6.20 Å². The molecular weight excluding hydrogens is 396 g/mol. The molecule has 2 aromatic carbocycles. The maximum absolute atomic E-state index is 13.0. The molecule has 1 aromatic heterocycles. The smallest absolute Gasteiger partial charge is 0.223 e. The Labute approximate surface area is 182 Å². The number of nitrogens with zero attached hydrogens (tertiary/aromatic N) is 2. The SMILES string of the molecule is CC[C@H](c1ccccc1)[C@@H]1CCCN1C(=O)CCc1ncc(-c2ccc(Cl)cc2)o1. The molecule has 4 rings (SSSR count). The lowest BCUT2D eigenvalue weighted by Crippen LogP contribution is -2.39. The third kappa shape index (κ3) is 4.59. The summed E-state index contributed by atoms with van der Waals surface area (Å²) in [6.07, 6.45) is 5.81. The van der Waals surface area contributed by atoms with Crippen molar-refractivity contribution < 1.29 is 9.21 Å². The third-order valence-corrected chi connectivity index (χ3v) is 6.24. The van der Waals surface area contributed by atoms with Crippen molar-refractivity contribution in [1.82, 2.24) is 9.88 Å². The van der Waals surface area contributed by atoms with Crippen LogP contribution < -0.4 is 0 Å². The Kier molecular flexibility index (Phi) is 6.53. The number of aromatic nitrogens is 1. The summed E-state index contributed by atoms with van der Waals surface area (Å²) in [4.78, 5) is 19.5. The zero-order valence-electron chi connectivity index (χ0n) is 17.3. The summed E-state index contributed by atoms with van der Waals surface area (Å²) in [7, 11) is 0. The van der Waals surface area contributed by atoms with E-state index in [0.717, 1.165) is 31.4 Å². The monoisotopic (exact) mass is 422 g/mol. The van der Waals surface area contributed by atoms with Gasteiger partial charge in [-0.1, -0.05) is 48.9 Å². The number of hydrogen-bond donors (Lipinski definition) is 0. The lowest BCUT2D eigenvalue weighted by atomic mass is 9.87. The van der Waals surface area contributed by atoms with Crippen molar-refractivity contribution in [3.63, 3.8) is 0 Å². The van der Waals surface area contributed by atoms with Gasteiger partial charge in [0.05, 0.1) is 6.20 Å². The molecule has 2 heterocycles. The van der Waals surface area contributed by atoms with E-state index in [-0.39, 0.29) is 11.9 Å². The Bertz CT molecular complexity index is 968. The number of aryl methyl sites for hydroxylation is 1. The van der Waals surface area contributed by atoms with Crippen molar-refractivity contribution in [2.75, 3.05) is 6.54 Å². The second-order valence-corrected chi connectivity index (χ2v) is 8.28. The van der Waals surface area contributed by atoms with Gasteiger partial charge in [-0.25, -0.2) is 4.98 Å². The number of carbonyl (C=O) groups excluding carboxylic acids is 1. The highest BCUT2D eigenvalue weighted by atomic mass is 35.5. The Balaban J connectivity index is 1.39. The van der Waals surface area contributed by atoms with Gasteiger partial charge < -0.3 is 9.32 Å². The van der Waals surface area contributed by atoms with E-state index in [9.17, 15) is 4.79 Å². The van der Waals surface area contributed by atoms with E-state index in [1.807, 2.05) is 30.3 Å². The van der Waals surface area contributed by atoms with Crippen LogP contribution in [0.25, 0.3) is 11.3 Å². The van der Waals surface area contributed by atoms with E-state index in [4.69, 9.17) is 16.0 Å². The van der Waals surface area contributed by atoms with Crippen LogP contribution in [-0.4, -0.2) is 28.4 Å². The number of carbonyl (C=O) groups is 1. The predicted octanol–water partition coefficient (Wildman–Crippen LogP) is 6.11. The Morgan fingerprint density at radius 1 is 1.20 bits per heavy atom. The second kappa shape index (κ2) is 9.48. The van der Waals surface area contributed by atoms with Crippen LogP contribution in [-0.2, 0) is 11.2 Å². The Morgan fingerprint density at radius 2 is 1.97 bits per heavy atom. The largest absolute Gasteiger partial charge is 0.441 e. The number of halogens is 1. The number of hydrogen-bond acceptors (Lipinski definition) is 3. The molecular formula is C25H27ClN2O2. The maximum atomic E-state index is 13.0. The molecule has 4 nitrogen and oxygen atoms in total. The fraction of sp³-hybridized carbons (Fsp3) is 0.360. The molecule has 0 unspecified atom stereocenters. The van der Waals surface area contributed by atoms with Crippen LogP contribution >= 0.6 is 11.6 Å². The molecule has 30 heavy (non-hydrogen) atoms. The fourth-order valence-electron chi connectivity index (χ4n) is 4.48. The minimum absolute atomic E-state index is 0.193. The molecule has 1 aliphatic rings. The number of benzene rings is 2. The highest BCUT2D eigenvalue weighted by molar-refractivity contribution is 6.30. The van der Waals surface area contributed by atoms with Crippen LogP contribution in [0.1, 0.15) is 50.0 Å². The van der Waals surface area contributed by atoms with Crippen LogP contribution in [0.4, 0.5) is 0 Å². The molecule has 5 heteroatoms. The van der Waals surface area contributed by atoms with Gasteiger partial charge in [-0.05, 0) is 49.1 Å². The average molecular weight is 423 g/mol. The van der Waals surface area contributed by atoms with Crippen LogP contribution in [0, 0.1) is 0 Å². The predicted molar refractivity (Wildman–Crippen MR) is 119 cm³/mol. The number of amides is 1. The molecule has 1 amide bonds.